The number of aromatic nitrogens is 3. The molecular weight excluding hydrogens is 232 g/mol. The van der Waals surface area contributed by atoms with E-state index in [2.05, 4.69) is 10.3 Å². The molecule has 2 rings (SSSR count). The van der Waals surface area contributed by atoms with E-state index in [0.717, 1.165) is 5.56 Å². The van der Waals surface area contributed by atoms with E-state index in [4.69, 9.17) is 10.5 Å². The molecule has 0 bridgehead atoms. The van der Waals surface area contributed by atoms with Crippen molar-refractivity contribution in [2.45, 2.75) is 13.5 Å². The SMILES string of the molecule is COc1ccc(C(C)=O)cc1Cn1cc(N)nn1. The highest BCUT2D eigenvalue weighted by molar-refractivity contribution is 5.94. The van der Waals surface area contributed by atoms with Crippen molar-refractivity contribution in [1.82, 2.24) is 15.0 Å². The Bertz CT molecular complexity index is 577. The molecule has 0 spiro atoms. The lowest BCUT2D eigenvalue weighted by Crippen LogP contribution is -2.04. The standard InChI is InChI=1S/C12H14N4O2/c1-8(17)9-3-4-11(18-2)10(5-9)6-16-7-12(13)14-15-16/h3-5,7H,6,13H2,1-2H3. The summed E-state index contributed by atoms with van der Waals surface area (Å²) in [6.45, 7) is 1.98. The largest absolute Gasteiger partial charge is 0.496 e. The quantitative estimate of drug-likeness (QED) is 0.817. The molecule has 0 aliphatic carbocycles. The number of ketones is 1. The van der Waals surface area contributed by atoms with Gasteiger partial charge in [-0.15, -0.1) is 5.10 Å². The molecule has 1 heterocycles. The molecule has 0 fully saturated rings. The minimum atomic E-state index is 0.0111. The molecule has 0 unspecified atom stereocenters. The van der Waals surface area contributed by atoms with Crippen LogP contribution in [0.5, 0.6) is 5.75 Å². The van der Waals surface area contributed by atoms with E-state index in [1.165, 1.54) is 6.92 Å². The molecule has 1 aromatic heterocycles. The van der Waals surface area contributed by atoms with Crippen LogP contribution in [0.25, 0.3) is 0 Å². The molecule has 6 heteroatoms. The second-order valence-electron chi connectivity index (χ2n) is 3.92. The fourth-order valence-electron chi connectivity index (χ4n) is 1.69. The third-order valence-electron chi connectivity index (χ3n) is 2.58. The fourth-order valence-corrected chi connectivity index (χ4v) is 1.69. The van der Waals surface area contributed by atoms with Gasteiger partial charge in [0.1, 0.15) is 5.75 Å². The van der Waals surface area contributed by atoms with Crippen LogP contribution in [-0.2, 0) is 6.54 Å². The molecular formula is C12H14N4O2. The third kappa shape index (κ3) is 2.48. The summed E-state index contributed by atoms with van der Waals surface area (Å²) in [5.74, 6) is 1.07. The van der Waals surface area contributed by atoms with Gasteiger partial charge in [0.2, 0.25) is 0 Å². The molecule has 0 atom stereocenters. The van der Waals surface area contributed by atoms with E-state index in [0.29, 0.717) is 23.7 Å². The minimum absolute atomic E-state index is 0.0111. The number of nitrogens with zero attached hydrogens (tertiary/aromatic N) is 3. The van der Waals surface area contributed by atoms with Gasteiger partial charge in [-0.3, -0.25) is 4.79 Å². The van der Waals surface area contributed by atoms with Crippen molar-refractivity contribution in [3.63, 3.8) is 0 Å². The second kappa shape index (κ2) is 4.87. The normalized spacial score (nSPS) is 10.3. The zero-order chi connectivity index (χ0) is 13.1. The number of benzene rings is 1. The number of hydrogen-bond acceptors (Lipinski definition) is 5. The average molecular weight is 246 g/mol. The summed E-state index contributed by atoms with van der Waals surface area (Å²) in [4.78, 5) is 11.4. The molecule has 6 nitrogen and oxygen atoms in total. The lowest BCUT2D eigenvalue weighted by atomic mass is 10.1. The van der Waals surface area contributed by atoms with Crippen LogP contribution >= 0.6 is 0 Å². The Labute approximate surface area is 104 Å². The van der Waals surface area contributed by atoms with E-state index < -0.39 is 0 Å². The molecule has 0 aliphatic rings. The Morgan fingerprint density at radius 2 is 2.28 bits per heavy atom. The van der Waals surface area contributed by atoms with Crippen molar-refractivity contribution < 1.29 is 9.53 Å². The number of rotatable bonds is 4. The molecule has 2 N–H and O–H groups in total. The first-order valence-electron chi connectivity index (χ1n) is 5.43. The van der Waals surface area contributed by atoms with Gasteiger partial charge in [-0.05, 0) is 25.1 Å². The summed E-state index contributed by atoms with van der Waals surface area (Å²) in [5, 5.41) is 7.57. The van der Waals surface area contributed by atoms with Gasteiger partial charge in [0, 0.05) is 11.1 Å². The van der Waals surface area contributed by atoms with Crippen LogP contribution in [0.3, 0.4) is 0 Å². The Hall–Kier alpha value is -2.37. The Morgan fingerprint density at radius 3 is 2.83 bits per heavy atom. The zero-order valence-corrected chi connectivity index (χ0v) is 10.3. The van der Waals surface area contributed by atoms with Gasteiger partial charge >= 0.3 is 0 Å². The number of ether oxygens (including phenoxy) is 1. The highest BCUT2D eigenvalue weighted by atomic mass is 16.5. The predicted molar refractivity (Wildman–Crippen MR) is 66.5 cm³/mol. The molecule has 1 aromatic carbocycles. The highest BCUT2D eigenvalue weighted by Crippen LogP contribution is 2.21. The maximum Gasteiger partial charge on any atom is 0.165 e. The van der Waals surface area contributed by atoms with Crippen LogP contribution in [0.15, 0.2) is 24.4 Å². The zero-order valence-electron chi connectivity index (χ0n) is 10.3. The van der Waals surface area contributed by atoms with Gasteiger partial charge in [-0.2, -0.15) is 0 Å². The van der Waals surface area contributed by atoms with Gasteiger partial charge < -0.3 is 10.5 Å². The smallest absolute Gasteiger partial charge is 0.165 e. The summed E-state index contributed by atoms with van der Waals surface area (Å²) in [7, 11) is 1.59. The van der Waals surface area contributed by atoms with Gasteiger partial charge in [-0.1, -0.05) is 5.21 Å². The van der Waals surface area contributed by atoms with Crippen LogP contribution in [0.2, 0.25) is 0 Å². The number of nitrogens with two attached hydrogens (primary N) is 1. The number of methoxy groups -OCH3 is 1. The summed E-state index contributed by atoms with van der Waals surface area (Å²) < 4.78 is 6.85. The van der Waals surface area contributed by atoms with Crippen molar-refractivity contribution in [3.05, 3.63) is 35.5 Å². The Morgan fingerprint density at radius 1 is 1.50 bits per heavy atom. The average Bonchev–Trinajstić information content (AvgIpc) is 2.74. The van der Waals surface area contributed by atoms with Crippen molar-refractivity contribution in [3.8, 4) is 5.75 Å². The third-order valence-corrected chi connectivity index (χ3v) is 2.58. The maximum absolute atomic E-state index is 11.4. The molecule has 0 saturated carbocycles. The second-order valence-corrected chi connectivity index (χ2v) is 3.92. The molecule has 0 saturated heterocycles. The lowest BCUT2D eigenvalue weighted by Gasteiger charge is -2.09. The molecule has 2 aromatic rings. The van der Waals surface area contributed by atoms with Gasteiger partial charge in [0.05, 0.1) is 19.9 Å². The minimum Gasteiger partial charge on any atom is -0.496 e. The Balaban J connectivity index is 2.35. The first-order chi connectivity index (χ1) is 8.60. The van der Waals surface area contributed by atoms with Gasteiger partial charge in [0.15, 0.2) is 11.6 Å². The van der Waals surface area contributed by atoms with E-state index in [1.54, 1.807) is 36.2 Å². The fraction of sp³-hybridized carbons (Fsp3) is 0.250. The first kappa shape index (κ1) is 12.1. The number of carbonyl (C=O) groups excluding carboxylic acids is 1. The first-order valence-corrected chi connectivity index (χ1v) is 5.43. The van der Waals surface area contributed by atoms with Gasteiger partial charge in [0.25, 0.3) is 0 Å². The van der Waals surface area contributed by atoms with Crippen molar-refractivity contribution in [2.75, 3.05) is 12.8 Å². The summed E-state index contributed by atoms with van der Waals surface area (Å²) >= 11 is 0. The molecule has 0 radical (unpaired) electrons. The van der Waals surface area contributed by atoms with E-state index >= 15 is 0 Å². The number of hydrogen-bond donors (Lipinski definition) is 1. The van der Waals surface area contributed by atoms with Crippen LogP contribution in [0.4, 0.5) is 5.82 Å². The van der Waals surface area contributed by atoms with Crippen LogP contribution in [0.1, 0.15) is 22.8 Å². The summed E-state index contributed by atoms with van der Waals surface area (Å²) in [6, 6.07) is 5.30. The van der Waals surface area contributed by atoms with Crippen LogP contribution in [0, 0.1) is 0 Å². The van der Waals surface area contributed by atoms with E-state index in [1.807, 2.05) is 0 Å². The Kier molecular flexibility index (Phi) is 3.27. The molecule has 18 heavy (non-hydrogen) atoms. The molecule has 94 valence electrons. The lowest BCUT2D eigenvalue weighted by molar-refractivity contribution is 0.101. The van der Waals surface area contributed by atoms with Crippen molar-refractivity contribution in [2.24, 2.45) is 0 Å². The van der Waals surface area contributed by atoms with Crippen molar-refractivity contribution >= 4 is 11.6 Å². The monoisotopic (exact) mass is 246 g/mol. The van der Waals surface area contributed by atoms with E-state index in [9.17, 15) is 4.79 Å². The summed E-state index contributed by atoms with van der Waals surface area (Å²) in [6.07, 6.45) is 1.62. The number of anilines is 1. The van der Waals surface area contributed by atoms with E-state index in [-0.39, 0.29) is 5.78 Å². The maximum atomic E-state index is 11.4. The molecule has 0 amide bonds. The van der Waals surface area contributed by atoms with Crippen molar-refractivity contribution in [1.29, 1.82) is 0 Å². The topological polar surface area (TPSA) is 83.0 Å². The predicted octanol–water partition coefficient (Wildman–Crippen LogP) is 1.12. The number of carbonyl (C=O) groups is 1. The van der Waals surface area contributed by atoms with Crippen LogP contribution < -0.4 is 10.5 Å². The summed E-state index contributed by atoms with van der Waals surface area (Å²) in [5.41, 5.74) is 7.00. The number of nitrogen functional groups attached to an aromatic ring is 1. The highest BCUT2D eigenvalue weighted by Gasteiger charge is 2.08. The number of Topliss-reactive ketones (excluding diaryl/α,β-unsaturated/α-hetero) is 1. The molecule has 0 aliphatic heterocycles. The van der Waals surface area contributed by atoms with Gasteiger partial charge in [-0.25, -0.2) is 4.68 Å². The van der Waals surface area contributed by atoms with Crippen LogP contribution in [-0.4, -0.2) is 27.9 Å².